The minimum atomic E-state index is -3.53. The van der Waals surface area contributed by atoms with E-state index in [1.165, 1.54) is 12.1 Å². The number of nitrogens with zero attached hydrogens (tertiary/aromatic N) is 3. The SMILES string of the molecule is CCOc1nc(N)nc(CS(=O)(=O)c2ccccc2)n1. The Morgan fingerprint density at radius 2 is 1.85 bits per heavy atom. The van der Waals surface area contributed by atoms with Crippen LogP contribution in [0.5, 0.6) is 6.01 Å². The Morgan fingerprint density at radius 3 is 2.50 bits per heavy atom. The molecular weight excluding hydrogens is 280 g/mol. The van der Waals surface area contributed by atoms with E-state index < -0.39 is 9.84 Å². The Labute approximate surface area is 116 Å². The van der Waals surface area contributed by atoms with Gasteiger partial charge in [-0.2, -0.15) is 15.0 Å². The van der Waals surface area contributed by atoms with Gasteiger partial charge >= 0.3 is 6.01 Å². The smallest absolute Gasteiger partial charge is 0.321 e. The van der Waals surface area contributed by atoms with Gasteiger partial charge in [0.1, 0.15) is 5.75 Å². The largest absolute Gasteiger partial charge is 0.464 e. The fourth-order valence-corrected chi connectivity index (χ4v) is 2.76. The van der Waals surface area contributed by atoms with Crippen LogP contribution in [0.15, 0.2) is 35.2 Å². The zero-order valence-electron chi connectivity index (χ0n) is 10.9. The average molecular weight is 294 g/mol. The first kappa shape index (κ1) is 14.2. The highest BCUT2D eigenvalue weighted by Crippen LogP contribution is 2.15. The number of benzene rings is 1. The van der Waals surface area contributed by atoms with Crippen molar-refractivity contribution in [3.05, 3.63) is 36.2 Å². The zero-order chi connectivity index (χ0) is 14.6. The van der Waals surface area contributed by atoms with Gasteiger partial charge in [-0.15, -0.1) is 0 Å². The molecule has 1 aromatic heterocycles. The van der Waals surface area contributed by atoms with Gasteiger partial charge in [0.05, 0.1) is 11.5 Å². The van der Waals surface area contributed by atoms with E-state index in [4.69, 9.17) is 10.5 Å². The summed E-state index contributed by atoms with van der Waals surface area (Å²) in [6.07, 6.45) is 0. The first-order chi connectivity index (χ1) is 9.51. The van der Waals surface area contributed by atoms with E-state index >= 15 is 0 Å². The van der Waals surface area contributed by atoms with E-state index in [0.717, 1.165) is 0 Å². The Bertz CT molecular complexity index is 689. The minimum Gasteiger partial charge on any atom is -0.464 e. The van der Waals surface area contributed by atoms with Gasteiger partial charge < -0.3 is 10.5 Å². The third kappa shape index (κ3) is 3.41. The molecule has 1 heterocycles. The molecule has 0 aliphatic rings. The van der Waals surface area contributed by atoms with Crippen molar-refractivity contribution in [1.29, 1.82) is 0 Å². The maximum Gasteiger partial charge on any atom is 0.321 e. The Balaban J connectivity index is 2.30. The molecule has 0 radical (unpaired) electrons. The second kappa shape index (κ2) is 5.83. The summed E-state index contributed by atoms with van der Waals surface area (Å²) in [5.41, 5.74) is 5.51. The molecule has 20 heavy (non-hydrogen) atoms. The number of nitrogens with two attached hydrogens (primary N) is 1. The molecule has 0 aliphatic heterocycles. The normalized spacial score (nSPS) is 11.2. The lowest BCUT2D eigenvalue weighted by Gasteiger charge is -2.06. The summed E-state index contributed by atoms with van der Waals surface area (Å²) in [7, 11) is -3.53. The number of anilines is 1. The summed E-state index contributed by atoms with van der Waals surface area (Å²) < 4.78 is 29.5. The van der Waals surface area contributed by atoms with Gasteiger partial charge in [-0.25, -0.2) is 8.42 Å². The van der Waals surface area contributed by atoms with Crippen molar-refractivity contribution in [1.82, 2.24) is 15.0 Å². The summed E-state index contributed by atoms with van der Waals surface area (Å²) >= 11 is 0. The molecule has 0 amide bonds. The molecule has 2 N–H and O–H groups in total. The maximum absolute atomic E-state index is 12.2. The van der Waals surface area contributed by atoms with Crippen LogP contribution < -0.4 is 10.5 Å². The van der Waals surface area contributed by atoms with Crippen LogP contribution in [0.4, 0.5) is 5.95 Å². The molecule has 0 aliphatic carbocycles. The Kier molecular flexibility index (Phi) is 4.14. The quantitative estimate of drug-likeness (QED) is 0.869. The summed E-state index contributed by atoms with van der Waals surface area (Å²) in [5.74, 6) is -0.365. The molecule has 0 unspecified atom stereocenters. The lowest BCUT2D eigenvalue weighted by Crippen LogP contribution is -2.12. The van der Waals surface area contributed by atoms with Crippen LogP contribution in [0.2, 0.25) is 0 Å². The summed E-state index contributed by atoms with van der Waals surface area (Å²) in [6, 6.07) is 8.11. The molecule has 0 bridgehead atoms. The number of sulfone groups is 1. The van der Waals surface area contributed by atoms with Gasteiger partial charge in [-0.1, -0.05) is 18.2 Å². The van der Waals surface area contributed by atoms with Gasteiger partial charge in [0, 0.05) is 0 Å². The monoisotopic (exact) mass is 294 g/mol. The molecule has 2 rings (SSSR count). The Morgan fingerprint density at radius 1 is 1.15 bits per heavy atom. The van der Waals surface area contributed by atoms with Crippen molar-refractivity contribution in [2.75, 3.05) is 12.3 Å². The van der Waals surface area contributed by atoms with E-state index in [1.54, 1.807) is 25.1 Å². The average Bonchev–Trinajstić information content (AvgIpc) is 2.39. The van der Waals surface area contributed by atoms with Gasteiger partial charge in [-0.05, 0) is 19.1 Å². The molecule has 0 spiro atoms. The number of rotatable bonds is 5. The summed E-state index contributed by atoms with van der Waals surface area (Å²) in [6.45, 7) is 2.12. The van der Waals surface area contributed by atoms with E-state index in [2.05, 4.69) is 15.0 Å². The molecule has 106 valence electrons. The molecule has 2 aromatic rings. The van der Waals surface area contributed by atoms with Crippen molar-refractivity contribution in [2.24, 2.45) is 0 Å². The standard InChI is InChI=1S/C12H14N4O3S/c1-2-19-12-15-10(14-11(13)16-12)8-20(17,18)9-6-4-3-5-7-9/h3-7H,2,8H2,1H3,(H2,13,14,15,16). The van der Waals surface area contributed by atoms with Crippen molar-refractivity contribution >= 4 is 15.8 Å². The van der Waals surface area contributed by atoms with Crippen LogP contribution in [0.1, 0.15) is 12.7 Å². The van der Waals surface area contributed by atoms with Crippen LogP contribution in [-0.2, 0) is 15.6 Å². The number of hydrogen-bond donors (Lipinski definition) is 1. The van der Waals surface area contributed by atoms with E-state index in [-0.39, 0.29) is 28.4 Å². The van der Waals surface area contributed by atoms with Crippen LogP contribution in [0.25, 0.3) is 0 Å². The number of hydrogen-bond acceptors (Lipinski definition) is 7. The van der Waals surface area contributed by atoms with Crippen LogP contribution in [-0.4, -0.2) is 30.0 Å². The van der Waals surface area contributed by atoms with Crippen LogP contribution in [0, 0.1) is 0 Å². The van der Waals surface area contributed by atoms with Crippen LogP contribution >= 0.6 is 0 Å². The molecule has 1 aromatic carbocycles. The number of aromatic nitrogens is 3. The molecule has 7 nitrogen and oxygen atoms in total. The predicted octanol–water partition coefficient (Wildman–Crippen LogP) is 0.826. The maximum atomic E-state index is 12.2. The fraction of sp³-hybridized carbons (Fsp3) is 0.250. The predicted molar refractivity (Wildman–Crippen MR) is 72.7 cm³/mol. The second-order valence-corrected chi connectivity index (χ2v) is 5.89. The van der Waals surface area contributed by atoms with Gasteiger partial charge in [0.2, 0.25) is 5.95 Å². The van der Waals surface area contributed by atoms with E-state index in [9.17, 15) is 8.42 Å². The summed E-state index contributed by atoms with van der Waals surface area (Å²) in [5, 5.41) is 0. The lowest BCUT2D eigenvalue weighted by molar-refractivity contribution is 0.311. The van der Waals surface area contributed by atoms with E-state index in [1.807, 2.05) is 0 Å². The van der Waals surface area contributed by atoms with Crippen LogP contribution in [0.3, 0.4) is 0 Å². The molecule has 0 saturated heterocycles. The second-order valence-electron chi connectivity index (χ2n) is 3.90. The third-order valence-electron chi connectivity index (χ3n) is 2.37. The van der Waals surface area contributed by atoms with Crippen molar-refractivity contribution in [2.45, 2.75) is 17.6 Å². The third-order valence-corrected chi connectivity index (χ3v) is 4.00. The van der Waals surface area contributed by atoms with Gasteiger partial charge in [-0.3, -0.25) is 0 Å². The highest BCUT2D eigenvalue weighted by atomic mass is 32.2. The molecule has 0 saturated carbocycles. The first-order valence-corrected chi connectivity index (χ1v) is 7.57. The zero-order valence-corrected chi connectivity index (χ0v) is 11.7. The van der Waals surface area contributed by atoms with Gasteiger partial charge in [0.25, 0.3) is 0 Å². The lowest BCUT2D eigenvalue weighted by atomic mass is 10.4. The Hall–Kier alpha value is -2.22. The summed E-state index contributed by atoms with van der Waals surface area (Å²) in [4.78, 5) is 11.7. The first-order valence-electron chi connectivity index (χ1n) is 5.92. The molecule has 0 atom stereocenters. The fourth-order valence-electron chi connectivity index (χ4n) is 1.55. The van der Waals surface area contributed by atoms with Crippen molar-refractivity contribution < 1.29 is 13.2 Å². The number of nitrogen functional groups attached to an aromatic ring is 1. The highest BCUT2D eigenvalue weighted by Gasteiger charge is 2.18. The van der Waals surface area contributed by atoms with Crippen molar-refractivity contribution in [3.8, 4) is 6.01 Å². The topological polar surface area (TPSA) is 108 Å². The number of ether oxygens (including phenoxy) is 1. The van der Waals surface area contributed by atoms with E-state index in [0.29, 0.717) is 6.61 Å². The van der Waals surface area contributed by atoms with Gasteiger partial charge in [0.15, 0.2) is 15.7 Å². The van der Waals surface area contributed by atoms with Crippen molar-refractivity contribution in [3.63, 3.8) is 0 Å². The highest BCUT2D eigenvalue weighted by molar-refractivity contribution is 7.90. The minimum absolute atomic E-state index is 0.0262. The molecular formula is C12H14N4O3S. The molecule has 8 heteroatoms. The molecule has 0 fully saturated rings.